The zero-order chi connectivity index (χ0) is 29.1. The summed E-state index contributed by atoms with van der Waals surface area (Å²) in [7, 11) is 0. The molecule has 44 heavy (non-hydrogen) atoms. The third-order valence-electron chi connectivity index (χ3n) is 9.66. The number of fused-ring (bicyclic) bond motifs is 6. The first kappa shape index (κ1) is 24.7. The molecule has 1 aliphatic carbocycles. The lowest BCUT2D eigenvalue weighted by Crippen LogP contribution is -1.94. The van der Waals surface area contributed by atoms with Crippen molar-refractivity contribution in [3.63, 3.8) is 0 Å². The molecule has 0 fully saturated rings. The molecule has 0 radical (unpaired) electrons. The average Bonchev–Trinajstić information content (AvgIpc) is 3.40. The molecule has 0 amide bonds. The van der Waals surface area contributed by atoms with E-state index in [2.05, 4.69) is 149 Å². The predicted molar refractivity (Wildman–Crippen MR) is 193 cm³/mol. The van der Waals surface area contributed by atoms with Crippen LogP contribution in [0.2, 0.25) is 5.02 Å². The van der Waals surface area contributed by atoms with Crippen molar-refractivity contribution in [1.82, 2.24) is 0 Å². The van der Waals surface area contributed by atoms with E-state index in [1.165, 1.54) is 93.0 Å². The zero-order valence-electron chi connectivity index (χ0n) is 23.5. The van der Waals surface area contributed by atoms with Crippen molar-refractivity contribution in [3.05, 3.63) is 143 Å². The molecule has 0 aromatic heterocycles. The third-order valence-corrected chi connectivity index (χ3v) is 10.9. The number of hydrogen-bond donors (Lipinski definition) is 0. The Bertz CT molecular complexity index is 2480. The minimum Gasteiger partial charge on any atom is -0.0831 e. The highest BCUT2D eigenvalue weighted by molar-refractivity contribution is 9.10. The van der Waals surface area contributed by atoms with Crippen LogP contribution in [0.5, 0.6) is 0 Å². The molecule has 0 atom stereocenters. The van der Waals surface area contributed by atoms with E-state index in [-0.39, 0.29) is 0 Å². The van der Waals surface area contributed by atoms with Crippen LogP contribution in [0.1, 0.15) is 0 Å². The Morgan fingerprint density at radius 2 is 0.886 bits per heavy atom. The smallest absolute Gasteiger partial charge is 0.0554 e. The molecule has 0 bridgehead atoms. The Morgan fingerprint density at radius 1 is 0.386 bits per heavy atom. The molecule has 10 rings (SSSR count). The first-order chi connectivity index (χ1) is 21.7. The van der Waals surface area contributed by atoms with Crippen LogP contribution in [0.4, 0.5) is 0 Å². The molecule has 2 heteroatoms. The summed E-state index contributed by atoms with van der Waals surface area (Å²) in [6.07, 6.45) is 0. The Hall–Kier alpha value is -4.69. The molecule has 0 saturated heterocycles. The molecule has 204 valence electrons. The fraction of sp³-hybridized carbons (Fsp3) is 0. The maximum absolute atomic E-state index is 6.87. The SMILES string of the molecule is Clc1cc2c(-c3ccccc3)c3c(c(-c4ccccc4)c2cc1Br)-c1ccc2c4cccc5cccc(c6ccc-3c1c62)c54. The summed E-state index contributed by atoms with van der Waals surface area (Å²) < 4.78 is 0.903. The molecular weight excluding hydrogens is 620 g/mol. The fourth-order valence-corrected chi connectivity index (χ4v) is 8.49. The lowest BCUT2D eigenvalue weighted by Gasteiger charge is -2.21. The third kappa shape index (κ3) is 3.13. The molecule has 0 heterocycles. The zero-order valence-corrected chi connectivity index (χ0v) is 25.8. The van der Waals surface area contributed by atoms with Gasteiger partial charge in [-0.1, -0.05) is 133 Å². The van der Waals surface area contributed by atoms with Gasteiger partial charge in [0.05, 0.1) is 5.02 Å². The van der Waals surface area contributed by atoms with Crippen LogP contribution in [0, 0.1) is 0 Å². The van der Waals surface area contributed by atoms with Crippen molar-refractivity contribution in [2.24, 2.45) is 0 Å². The molecular formula is C42H22BrCl. The van der Waals surface area contributed by atoms with Crippen LogP contribution >= 0.6 is 27.5 Å². The molecule has 0 N–H and O–H groups in total. The standard InChI is InChI=1S/C42H22BrCl/c43-34-21-32-33(22-35(34)44)38(25-11-5-2-6-12-25)42-31-20-18-29-27-16-8-14-23-13-7-15-26(36(23)27)28-17-19-30(40(31)39(28)29)41(42)37(32)24-9-3-1-4-10-24/h1-22H. The van der Waals surface area contributed by atoms with Gasteiger partial charge in [-0.05, 0) is 126 Å². The van der Waals surface area contributed by atoms with E-state index >= 15 is 0 Å². The second-order valence-electron chi connectivity index (χ2n) is 11.8. The Balaban J connectivity index is 1.48. The fourth-order valence-electron chi connectivity index (χ4n) is 7.98. The van der Waals surface area contributed by atoms with Gasteiger partial charge in [-0.25, -0.2) is 0 Å². The second-order valence-corrected chi connectivity index (χ2v) is 13.1. The van der Waals surface area contributed by atoms with Crippen molar-refractivity contribution < 1.29 is 0 Å². The van der Waals surface area contributed by atoms with E-state index in [0.717, 1.165) is 9.86 Å². The van der Waals surface area contributed by atoms with Gasteiger partial charge in [0.1, 0.15) is 0 Å². The highest BCUT2D eigenvalue weighted by Crippen LogP contribution is 2.60. The Morgan fingerprint density at radius 3 is 1.43 bits per heavy atom. The van der Waals surface area contributed by atoms with Gasteiger partial charge in [-0.3, -0.25) is 0 Å². The van der Waals surface area contributed by atoms with E-state index in [0.29, 0.717) is 5.02 Å². The predicted octanol–water partition coefficient (Wildman–Crippen LogP) is 13.3. The van der Waals surface area contributed by atoms with Crippen LogP contribution in [-0.4, -0.2) is 0 Å². The molecule has 0 unspecified atom stereocenters. The van der Waals surface area contributed by atoms with Gasteiger partial charge in [-0.2, -0.15) is 0 Å². The van der Waals surface area contributed by atoms with Gasteiger partial charge in [0.25, 0.3) is 0 Å². The largest absolute Gasteiger partial charge is 0.0831 e. The summed E-state index contributed by atoms with van der Waals surface area (Å²) in [6.45, 7) is 0. The second kappa shape index (κ2) is 8.92. The molecule has 0 aliphatic heterocycles. The summed E-state index contributed by atoms with van der Waals surface area (Å²) in [5.41, 5.74) is 10.1. The lowest BCUT2D eigenvalue weighted by atomic mass is 9.82. The van der Waals surface area contributed by atoms with E-state index in [9.17, 15) is 0 Å². The lowest BCUT2D eigenvalue weighted by molar-refractivity contribution is 1.61. The van der Waals surface area contributed by atoms with E-state index in [1.54, 1.807) is 0 Å². The molecule has 1 aliphatic rings. The molecule has 9 aromatic rings. The van der Waals surface area contributed by atoms with Crippen molar-refractivity contribution in [2.45, 2.75) is 0 Å². The summed E-state index contributed by atoms with van der Waals surface area (Å²) in [6, 6.07) is 48.9. The number of benzene rings is 9. The van der Waals surface area contributed by atoms with Crippen molar-refractivity contribution in [1.29, 1.82) is 0 Å². The van der Waals surface area contributed by atoms with Gasteiger partial charge in [0.2, 0.25) is 0 Å². The highest BCUT2D eigenvalue weighted by Gasteiger charge is 2.32. The Kier molecular flexibility index (Phi) is 5.01. The highest BCUT2D eigenvalue weighted by atomic mass is 79.9. The summed E-state index contributed by atoms with van der Waals surface area (Å²) >= 11 is 10.6. The number of rotatable bonds is 2. The van der Waals surface area contributed by atoms with Crippen LogP contribution in [0.25, 0.3) is 98.4 Å². The van der Waals surface area contributed by atoms with Crippen LogP contribution in [-0.2, 0) is 0 Å². The monoisotopic (exact) mass is 640 g/mol. The van der Waals surface area contributed by atoms with E-state index in [4.69, 9.17) is 11.6 Å². The van der Waals surface area contributed by atoms with Crippen molar-refractivity contribution >= 4 is 81.4 Å². The summed E-state index contributed by atoms with van der Waals surface area (Å²) in [5, 5.41) is 13.7. The molecule has 0 nitrogen and oxygen atoms in total. The number of halogens is 2. The maximum atomic E-state index is 6.87. The van der Waals surface area contributed by atoms with Gasteiger partial charge in [0, 0.05) is 4.47 Å². The Labute approximate surface area is 267 Å². The molecule has 0 saturated carbocycles. The minimum absolute atomic E-state index is 0.714. The topological polar surface area (TPSA) is 0 Å². The maximum Gasteiger partial charge on any atom is 0.0554 e. The quantitative estimate of drug-likeness (QED) is 0.130. The van der Waals surface area contributed by atoms with Crippen molar-refractivity contribution in [3.8, 4) is 44.5 Å². The normalized spacial score (nSPS) is 12.3. The van der Waals surface area contributed by atoms with Gasteiger partial charge in [-0.15, -0.1) is 0 Å². The minimum atomic E-state index is 0.714. The van der Waals surface area contributed by atoms with Gasteiger partial charge >= 0.3 is 0 Å². The number of hydrogen-bond acceptors (Lipinski definition) is 0. The van der Waals surface area contributed by atoms with Gasteiger partial charge < -0.3 is 0 Å². The van der Waals surface area contributed by atoms with Crippen LogP contribution in [0.15, 0.2) is 138 Å². The average molecular weight is 642 g/mol. The molecule has 9 aromatic carbocycles. The summed E-state index contributed by atoms with van der Waals surface area (Å²) in [4.78, 5) is 0. The van der Waals surface area contributed by atoms with E-state index < -0.39 is 0 Å². The van der Waals surface area contributed by atoms with Crippen molar-refractivity contribution in [2.75, 3.05) is 0 Å². The van der Waals surface area contributed by atoms with Crippen LogP contribution in [0.3, 0.4) is 0 Å². The van der Waals surface area contributed by atoms with E-state index in [1.807, 2.05) is 0 Å². The van der Waals surface area contributed by atoms with Crippen LogP contribution < -0.4 is 0 Å². The summed E-state index contributed by atoms with van der Waals surface area (Å²) in [5.74, 6) is 0. The molecule has 0 spiro atoms. The van der Waals surface area contributed by atoms with Gasteiger partial charge in [0.15, 0.2) is 0 Å². The first-order valence-corrected chi connectivity index (χ1v) is 16.1. The first-order valence-electron chi connectivity index (χ1n) is 14.9.